The Morgan fingerprint density at radius 1 is 1.09 bits per heavy atom. The van der Waals surface area contributed by atoms with E-state index in [0.717, 1.165) is 5.56 Å². The van der Waals surface area contributed by atoms with Gasteiger partial charge in [0.1, 0.15) is 6.10 Å². The Kier molecular flexibility index (Phi) is 4.55. The first kappa shape index (κ1) is 15.8. The van der Waals surface area contributed by atoms with Crippen LogP contribution in [0.25, 0.3) is 0 Å². The maximum Gasteiger partial charge on any atom is 0.307 e. The Balaban J connectivity index is 1.79. The van der Waals surface area contributed by atoms with Crippen LogP contribution in [-0.2, 0) is 14.3 Å². The summed E-state index contributed by atoms with van der Waals surface area (Å²) < 4.78 is 5.31. The van der Waals surface area contributed by atoms with Crippen LogP contribution in [0.4, 0.5) is 5.69 Å². The van der Waals surface area contributed by atoms with Crippen molar-refractivity contribution in [1.82, 2.24) is 0 Å². The number of anilines is 1. The van der Waals surface area contributed by atoms with Gasteiger partial charge in [-0.1, -0.05) is 53.5 Å². The second-order valence-corrected chi connectivity index (χ2v) is 6.06. The fourth-order valence-electron chi connectivity index (χ4n) is 2.54. The van der Waals surface area contributed by atoms with Gasteiger partial charge in [0.05, 0.1) is 22.4 Å². The summed E-state index contributed by atoms with van der Waals surface area (Å²) in [7, 11) is 0. The van der Waals surface area contributed by atoms with Gasteiger partial charge >= 0.3 is 5.97 Å². The van der Waals surface area contributed by atoms with Gasteiger partial charge in [-0.05, 0) is 23.8 Å². The van der Waals surface area contributed by atoms with Crippen LogP contribution < -0.4 is 5.32 Å². The van der Waals surface area contributed by atoms with Crippen LogP contribution >= 0.6 is 23.2 Å². The molecule has 23 heavy (non-hydrogen) atoms. The smallest absolute Gasteiger partial charge is 0.307 e. The van der Waals surface area contributed by atoms with Crippen LogP contribution in [0.2, 0.25) is 10.0 Å². The molecule has 2 aromatic carbocycles. The molecule has 1 N–H and O–H groups in total. The number of benzene rings is 2. The number of cyclic esters (lactones) is 1. The van der Waals surface area contributed by atoms with Gasteiger partial charge in [0.2, 0.25) is 5.91 Å². The molecule has 0 aliphatic carbocycles. The molecule has 3 rings (SSSR count). The number of hydrogen-bond donors (Lipinski definition) is 1. The zero-order chi connectivity index (χ0) is 16.4. The molecule has 0 radical (unpaired) electrons. The fraction of sp³-hybridized carbons (Fsp3) is 0.176. The highest BCUT2D eigenvalue weighted by molar-refractivity contribution is 6.42. The van der Waals surface area contributed by atoms with Gasteiger partial charge in [0, 0.05) is 5.69 Å². The van der Waals surface area contributed by atoms with Crippen LogP contribution in [0.5, 0.6) is 0 Å². The fourth-order valence-corrected chi connectivity index (χ4v) is 2.84. The standard InChI is InChI=1S/C17H13Cl2NO3/c18-13-7-6-11(8-14(13)19)20-17(22)12-9-15(21)23-16(12)10-4-2-1-3-5-10/h1-8,12,16H,9H2,(H,20,22)/t12-,16-/m1/s1. The summed E-state index contributed by atoms with van der Waals surface area (Å²) in [5.41, 5.74) is 1.32. The number of nitrogens with one attached hydrogen (secondary N) is 1. The van der Waals surface area contributed by atoms with Crippen molar-refractivity contribution < 1.29 is 14.3 Å². The summed E-state index contributed by atoms with van der Waals surface area (Å²) >= 11 is 11.8. The number of amides is 1. The zero-order valence-electron chi connectivity index (χ0n) is 12.0. The van der Waals surface area contributed by atoms with Gasteiger partial charge in [0.15, 0.2) is 0 Å². The van der Waals surface area contributed by atoms with Crippen molar-refractivity contribution in [2.45, 2.75) is 12.5 Å². The molecule has 0 saturated carbocycles. The number of hydrogen-bond acceptors (Lipinski definition) is 3. The van der Waals surface area contributed by atoms with Crippen molar-refractivity contribution in [3.63, 3.8) is 0 Å². The van der Waals surface area contributed by atoms with Crippen LogP contribution in [0, 0.1) is 5.92 Å². The molecular formula is C17H13Cl2NO3. The molecule has 1 heterocycles. The topological polar surface area (TPSA) is 55.4 Å². The van der Waals surface area contributed by atoms with E-state index in [-0.39, 0.29) is 18.3 Å². The maximum atomic E-state index is 12.5. The van der Waals surface area contributed by atoms with E-state index in [1.54, 1.807) is 18.2 Å². The molecule has 2 aromatic rings. The molecule has 1 saturated heterocycles. The van der Waals surface area contributed by atoms with E-state index in [2.05, 4.69) is 5.32 Å². The lowest BCUT2D eigenvalue weighted by Crippen LogP contribution is -2.25. The minimum Gasteiger partial charge on any atom is -0.457 e. The predicted molar refractivity (Wildman–Crippen MR) is 88.5 cm³/mol. The number of esters is 1. The van der Waals surface area contributed by atoms with Crippen molar-refractivity contribution in [2.24, 2.45) is 5.92 Å². The van der Waals surface area contributed by atoms with Crippen LogP contribution in [0.1, 0.15) is 18.1 Å². The Morgan fingerprint density at radius 3 is 2.52 bits per heavy atom. The number of ether oxygens (including phenoxy) is 1. The highest BCUT2D eigenvalue weighted by Crippen LogP contribution is 2.36. The number of carbonyl (C=O) groups is 2. The first-order valence-electron chi connectivity index (χ1n) is 7.05. The van der Waals surface area contributed by atoms with Gasteiger partial charge in [0.25, 0.3) is 0 Å². The first-order valence-corrected chi connectivity index (χ1v) is 7.80. The molecular weight excluding hydrogens is 337 g/mol. The summed E-state index contributed by atoms with van der Waals surface area (Å²) in [6, 6.07) is 14.0. The van der Waals surface area contributed by atoms with E-state index in [9.17, 15) is 9.59 Å². The third kappa shape index (κ3) is 3.49. The summed E-state index contributed by atoms with van der Waals surface area (Å²) in [4.78, 5) is 24.2. The third-order valence-corrected chi connectivity index (χ3v) is 4.40. The van der Waals surface area contributed by atoms with E-state index < -0.39 is 12.0 Å². The highest BCUT2D eigenvalue weighted by Gasteiger charge is 2.40. The Hall–Kier alpha value is -2.04. The summed E-state index contributed by atoms with van der Waals surface area (Å²) in [5.74, 6) is -1.25. The SMILES string of the molecule is O=C1C[C@@H](C(=O)Nc2ccc(Cl)c(Cl)c2)[C@@H](c2ccccc2)O1. The normalized spacial score (nSPS) is 20.2. The monoisotopic (exact) mass is 349 g/mol. The van der Waals surface area contributed by atoms with Gasteiger partial charge in [-0.3, -0.25) is 9.59 Å². The number of halogens is 2. The molecule has 0 aromatic heterocycles. The molecule has 6 heteroatoms. The van der Waals surface area contributed by atoms with Crippen molar-refractivity contribution in [2.75, 3.05) is 5.32 Å². The third-order valence-electron chi connectivity index (χ3n) is 3.66. The van der Waals surface area contributed by atoms with Crippen molar-refractivity contribution >= 4 is 40.8 Å². The van der Waals surface area contributed by atoms with Crippen molar-refractivity contribution in [3.05, 3.63) is 64.1 Å². The molecule has 0 unspecified atom stereocenters. The average Bonchev–Trinajstić information content (AvgIpc) is 2.94. The average molecular weight is 350 g/mol. The Labute approximate surface area is 143 Å². The molecule has 0 bridgehead atoms. The van der Waals surface area contributed by atoms with Gasteiger partial charge in [-0.2, -0.15) is 0 Å². The Bertz CT molecular complexity index is 749. The van der Waals surface area contributed by atoms with E-state index in [1.807, 2.05) is 30.3 Å². The van der Waals surface area contributed by atoms with Crippen LogP contribution in [-0.4, -0.2) is 11.9 Å². The second-order valence-electron chi connectivity index (χ2n) is 5.25. The lowest BCUT2D eigenvalue weighted by molar-refractivity contribution is -0.141. The largest absolute Gasteiger partial charge is 0.457 e. The Morgan fingerprint density at radius 2 is 1.83 bits per heavy atom. The van der Waals surface area contributed by atoms with Crippen molar-refractivity contribution in [3.8, 4) is 0 Å². The van der Waals surface area contributed by atoms with Gasteiger partial charge in [-0.15, -0.1) is 0 Å². The first-order chi connectivity index (χ1) is 11.0. The second kappa shape index (κ2) is 6.60. The van der Waals surface area contributed by atoms with E-state index in [4.69, 9.17) is 27.9 Å². The van der Waals surface area contributed by atoms with Crippen molar-refractivity contribution in [1.29, 1.82) is 0 Å². The minimum absolute atomic E-state index is 0.0483. The van der Waals surface area contributed by atoms with E-state index >= 15 is 0 Å². The molecule has 118 valence electrons. The molecule has 0 spiro atoms. The molecule has 1 aliphatic rings. The lowest BCUT2D eigenvalue weighted by Gasteiger charge is -2.17. The molecule has 1 fully saturated rings. The molecule has 1 aliphatic heterocycles. The van der Waals surface area contributed by atoms with Crippen LogP contribution in [0.15, 0.2) is 48.5 Å². The van der Waals surface area contributed by atoms with Gasteiger partial charge in [-0.25, -0.2) is 0 Å². The van der Waals surface area contributed by atoms with E-state index in [1.165, 1.54) is 0 Å². The summed E-state index contributed by atoms with van der Waals surface area (Å²) in [5, 5.41) is 3.52. The van der Waals surface area contributed by atoms with E-state index in [0.29, 0.717) is 15.7 Å². The van der Waals surface area contributed by atoms with Crippen LogP contribution in [0.3, 0.4) is 0 Å². The molecule has 2 atom stereocenters. The number of carbonyl (C=O) groups excluding carboxylic acids is 2. The molecule has 1 amide bonds. The minimum atomic E-state index is -0.584. The summed E-state index contributed by atoms with van der Waals surface area (Å²) in [6.45, 7) is 0. The summed E-state index contributed by atoms with van der Waals surface area (Å²) in [6.07, 6.45) is -0.529. The predicted octanol–water partition coefficient (Wildman–Crippen LogP) is 4.24. The maximum absolute atomic E-state index is 12.5. The molecule has 4 nitrogen and oxygen atoms in total. The zero-order valence-corrected chi connectivity index (χ0v) is 13.5. The quantitative estimate of drug-likeness (QED) is 0.843. The highest BCUT2D eigenvalue weighted by atomic mass is 35.5. The number of rotatable bonds is 3. The van der Waals surface area contributed by atoms with Gasteiger partial charge < -0.3 is 10.1 Å². The lowest BCUT2D eigenvalue weighted by atomic mass is 9.94.